The number of methoxy groups -OCH3 is 3. The highest BCUT2D eigenvalue weighted by Gasteiger charge is 2.37. The lowest BCUT2D eigenvalue weighted by Crippen LogP contribution is -2.41. The van der Waals surface area contributed by atoms with E-state index in [4.69, 9.17) is 29.1 Å². The summed E-state index contributed by atoms with van der Waals surface area (Å²) < 4.78 is 32.5. The summed E-state index contributed by atoms with van der Waals surface area (Å²) in [7, 11) is 4.61. The van der Waals surface area contributed by atoms with Gasteiger partial charge in [0.2, 0.25) is 10.9 Å². The van der Waals surface area contributed by atoms with Crippen LogP contribution in [0.1, 0.15) is 19.4 Å². The van der Waals surface area contributed by atoms with E-state index in [0.29, 0.717) is 44.6 Å². The van der Waals surface area contributed by atoms with Crippen molar-refractivity contribution in [3.63, 3.8) is 0 Å². The predicted octanol–water partition coefficient (Wildman–Crippen LogP) is 4.89. The third-order valence-corrected chi connectivity index (χ3v) is 7.06. The van der Waals surface area contributed by atoms with E-state index in [1.165, 1.54) is 26.0 Å². The number of rotatable bonds is 10. The Balaban J connectivity index is 1.53. The zero-order valence-electron chi connectivity index (χ0n) is 21.6. The van der Waals surface area contributed by atoms with Crippen LogP contribution >= 0.6 is 23.7 Å². The van der Waals surface area contributed by atoms with Crippen LogP contribution < -0.4 is 23.7 Å². The van der Waals surface area contributed by atoms with Gasteiger partial charge in [0.15, 0.2) is 28.2 Å². The van der Waals surface area contributed by atoms with Gasteiger partial charge in [0, 0.05) is 5.25 Å². The van der Waals surface area contributed by atoms with E-state index >= 15 is 0 Å². The van der Waals surface area contributed by atoms with Crippen molar-refractivity contribution >= 4 is 51.9 Å². The average Bonchev–Trinajstić information content (AvgIpc) is 3.30. The number of nitrogens with zero attached hydrogens (tertiary/aromatic N) is 3. The topological polar surface area (TPSA) is 115 Å². The molecule has 2 aliphatic heterocycles. The Morgan fingerprint density at radius 1 is 1.00 bits per heavy atom. The number of fused-ring (bicyclic) bond motifs is 1. The van der Waals surface area contributed by atoms with Crippen molar-refractivity contribution in [1.82, 2.24) is 4.90 Å². The van der Waals surface area contributed by atoms with E-state index in [-0.39, 0.29) is 29.9 Å². The first-order valence-corrected chi connectivity index (χ1v) is 13.3. The first kappa shape index (κ1) is 27.4. The summed E-state index contributed by atoms with van der Waals surface area (Å²) in [6.45, 7) is 4.55. The van der Waals surface area contributed by atoms with E-state index in [1.54, 1.807) is 30.2 Å². The van der Waals surface area contributed by atoms with Gasteiger partial charge >= 0.3 is 0 Å². The van der Waals surface area contributed by atoms with Crippen molar-refractivity contribution in [2.75, 3.05) is 34.5 Å². The summed E-state index contributed by atoms with van der Waals surface area (Å²) in [6, 6.07) is 10.8. The Kier molecular flexibility index (Phi) is 8.85. The molecule has 2 aliphatic rings. The molecule has 2 aromatic carbocycles. The molecular formula is C26H28N4O6S2. The second kappa shape index (κ2) is 12.3. The van der Waals surface area contributed by atoms with E-state index in [1.807, 2.05) is 38.1 Å². The van der Waals surface area contributed by atoms with Gasteiger partial charge in [-0.25, -0.2) is 4.90 Å². The molecule has 0 saturated heterocycles. The van der Waals surface area contributed by atoms with E-state index in [9.17, 15) is 4.79 Å². The molecule has 0 unspecified atom stereocenters. The fourth-order valence-corrected chi connectivity index (χ4v) is 5.29. The van der Waals surface area contributed by atoms with Gasteiger partial charge in [-0.2, -0.15) is 9.39 Å². The summed E-state index contributed by atoms with van der Waals surface area (Å²) >= 11 is 2.60. The van der Waals surface area contributed by atoms with E-state index in [2.05, 4.69) is 9.39 Å². The molecule has 2 heterocycles. The Bertz CT molecular complexity index is 1300. The van der Waals surface area contributed by atoms with Gasteiger partial charge < -0.3 is 23.7 Å². The fraction of sp³-hybridized carbons (Fsp3) is 0.308. The zero-order valence-corrected chi connectivity index (χ0v) is 23.3. The molecule has 1 amide bonds. The Morgan fingerprint density at radius 2 is 1.63 bits per heavy atom. The summed E-state index contributed by atoms with van der Waals surface area (Å²) in [5.74, 6) is 1.96. The maximum absolute atomic E-state index is 12.8. The molecule has 0 aliphatic carbocycles. The van der Waals surface area contributed by atoms with Crippen LogP contribution in [-0.4, -0.2) is 66.8 Å². The van der Waals surface area contributed by atoms with Crippen LogP contribution in [0.15, 0.2) is 51.4 Å². The molecular weight excluding hydrogens is 528 g/mol. The lowest BCUT2D eigenvalue weighted by atomic mass is 10.1. The third-order valence-electron chi connectivity index (χ3n) is 5.29. The number of nitrogens with one attached hydrogen (secondary N) is 1. The van der Waals surface area contributed by atoms with Crippen LogP contribution in [0.25, 0.3) is 6.08 Å². The first-order valence-electron chi connectivity index (χ1n) is 11.7. The molecule has 0 radical (unpaired) electrons. The monoisotopic (exact) mass is 556 g/mol. The minimum Gasteiger partial charge on any atom is -0.493 e. The molecule has 0 aromatic heterocycles. The average molecular weight is 557 g/mol. The maximum Gasteiger partial charge on any atom is 0.283 e. The molecule has 12 heteroatoms. The molecule has 2 aromatic rings. The number of carbonyl (C=O) groups is 1. The molecule has 0 atom stereocenters. The van der Waals surface area contributed by atoms with Crippen LogP contribution in [0.5, 0.6) is 28.7 Å². The molecule has 0 spiro atoms. The summed E-state index contributed by atoms with van der Waals surface area (Å²) in [6.07, 6.45) is 1.59. The number of amidine groups is 3. The highest BCUT2D eigenvalue weighted by molar-refractivity contribution is 8.19. The van der Waals surface area contributed by atoms with Gasteiger partial charge in [-0.3, -0.25) is 10.2 Å². The lowest BCUT2D eigenvalue weighted by molar-refractivity contribution is -0.114. The molecule has 0 saturated carbocycles. The Labute approximate surface area is 229 Å². The first-order chi connectivity index (χ1) is 18.4. The molecule has 0 bridgehead atoms. The summed E-state index contributed by atoms with van der Waals surface area (Å²) in [5, 5.41) is 9.99. The van der Waals surface area contributed by atoms with Crippen molar-refractivity contribution in [2.24, 2.45) is 9.39 Å². The quantitative estimate of drug-likeness (QED) is 0.248. The number of amides is 1. The van der Waals surface area contributed by atoms with Gasteiger partial charge in [0.25, 0.3) is 5.91 Å². The van der Waals surface area contributed by atoms with Crippen LogP contribution in [0.4, 0.5) is 0 Å². The number of hydrogen-bond acceptors (Lipinski definition) is 10. The van der Waals surface area contributed by atoms with Crippen LogP contribution in [-0.2, 0) is 4.79 Å². The minimum atomic E-state index is -0.508. The second-order valence-electron chi connectivity index (χ2n) is 8.18. The minimum absolute atomic E-state index is 0.0173. The van der Waals surface area contributed by atoms with E-state index in [0.717, 1.165) is 11.9 Å². The largest absolute Gasteiger partial charge is 0.493 e. The molecule has 38 heavy (non-hydrogen) atoms. The standard InChI is InChI=1S/C26H28N4O6S2/c1-15(2)37-26-29-38-25-28-24(31)17(23(27)30(25)26)12-16-13-20(33-4)22(21(14-16)34-5)36-11-10-35-19-9-7-6-8-18(19)32-3/h6-9,12-15,27H,10-11H2,1-5H3/b17-12-,27-23?. The number of ether oxygens (including phenoxy) is 5. The van der Waals surface area contributed by atoms with Crippen molar-refractivity contribution < 1.29 is 28.5 Å². The Hall–Kier alpha value is -3.64. The summed E-state index contributed by atoms with van der Waals surface area (Å²) in [5.41, 5.74) is 0.723. The second-order valence-corrected chi connectivity index (χ2v) is 10.4. The molecule has 1 N–H and O–H groups in total. The van der Waals surface area contributed by atoms with Gasteiger partial charge in [-0.15, -0.1) is 0 Å². The van der Waals surface area contributed by atoms with Crippen molar-refractivity contribution in [2.45, 2.75) is 19.1 Å². The van der Waals surface area contributed by atoms with Crippen molar-refractivity contribution in [1.29, 1.82) is 5.41 Å². The van der Waals surface area contributed by atoms with Crippen LogP contribution in [0.3, 0.4) is 0 Å². The Morgan fingerprint density at radius 3 is 2.26 bits per heavy atom. The van der Waals surface area contributed by atoms with Crippen LogP contribution in [0.2, 0.25) is 0 Å². The van der Waals surface area contributed by atoms with Gasteiger partial charge in [-0.05, 0) is 35.9 Å². The van der Waals surface area contributed by atoms with Gasteiger partial charge in [0.05, 0.1) is 38.9 Å². The number of thioether (sulfide) groups is 1. The molecule has 0 fully saturated rings. The normalized spacial score (nSPS) is 15.8. The lowest BCUT2D eigenvalue weighted by Gasteiger charge is -2.25. The number of aliphatic imine (C=N–C) groups is 1. The summed E-state index contributed by atoms with van der Waals surface area (Å²) in [4.78, 5) is 18.5. The number of carbonyl (C=O) groups excluding carboxylic acids is 1. The van der Waals surface area contributed by atoms with Crippen molar-refractivity contribution in [3.05, 3.63) is 47.5 Å². The maximum atomic E-state index is 12.8. The number of hydrogen-bond donors (Lipinski definition) is 1. The van der Waals surface area contributed by atoms with E-state index < -0.39 is 5.91 Å². The molecule has 4 rings (SSSR count). The highest BCUT2D eigenvalue weighted by atomic mass is 32.2. The van der Waals surface area contributed by atoms with Crippen molar-refractivity contribution in [3.8, 4) is 28.7 Å². The van der Waals surface area contributed by atoms with Gasteiger partial charge in [0.1, 0.15) is 19.0 Å². The number of para-hydroxylation sites is 2. The smallest absolute Gasteiger partial charge is 0.283 e. The molecule has 10 nitrogen and oxygen atoms in total. The zero-order chi connectivity index (χ0) is 27.2. The third kappa shape index (κ3) is 5.91. The van der Waals surface area contributed by atoms with Crippen LogP contribution in [0, 0.1) is 5.41 Å². The van der Waals surface area contributed by atoms with Gasteiger partial charge in [-0.1, -0.05) is 37.7 Å². The highest BCUT2D eigenvalue weighted by Crippen LogP contribution is 2.40. The SMILES string of the molecule is COc1ccccc1OCCOc1c(OC)cc(/C=C2/C(=N)N3C(=NC2=O)SN=C3SC(C)C)cc1OC. The molecule has 200 valence electrons. The fourth-order valence-electron chi connectivity index (χ4n) is 3.61. The predicted molar refractivity (Wildman–Crippen MR) is 151 cm³/mol. The number of benzene rings is 2.